The molecule has 1 amide bonds. The average molecular weight is 462 g/mol. The van der Waals surface area contributed by atoms with Crippen LogP contribution in [0.5, 0.6) is 0 Å². The summed E-state index contributed by atoms with van der Waals surface area (Å²) in [5, 5.41) is 2.93. The van der Waals surface area contributed by atoms with E-state index in [9.17, 15) is 18.0 Å². The zero-order chi connectivity index (χ0) is 23.2. The van der Waals surface area contributed by atoms with E-state index in [1.54, 1.807) is 17.9 Å². The third kappa shape index (κ3) is 4.73. The number of hydrogen-bond acceptors (Lipinski definition) is 7. The molecule has 0 radical (unpaired) electrons. The van der Waals surface area contributed by atoms with Crippen LogP contribution in [0, 0.1) is 0 Å². The monoisotopic (exact) mass is 462 g/mol. The summed E-state index contributed by atoms with van der Waals surface area (Å²) in [6.07, 6.45) is -0.308. The Hall–Kier alpha value is -2.95. The lowest BCUT2D eigenvalue weighted by Crippen LogP contribution is -2.43. The molecule has 3 fully saturated rings. The summed E-state index contributed by atoms with van der Waals surface area (Å²) in [6.45, 7) is 4.10. The summed E-state index contributed by atoms with van der Waals surface area (Å²) in [4.78, 5) is 29.1. The minimum atomic E-state index is -4.46. The first kappa shape index (κ1) is 21.9. The summed E-state index contributed by atoms with van der Waals surface area (Å²) in [5.41, 5.74) is -0.0239. The number of halogens is 3. The Morgan fingerprint density at radius 1 is 1.09 bits per heavy atom. The van der Waals surface area contributed by atoms with Gasteiger partial charge in [-0.05, 0) is 31.4 Å². The van der Waals surface area contributed by atoms with Gasteiger partial charge >= 0.3 is 6.18 Å². The first-order chi connectivity index (χ1) is 15.7. The predicted octanol–water partition coefficient (Wildman–Crippen LogP) is 3.34. The minimum absolute atomic E-state index is 0.0167. The molecular formula is C22H25F3N6O2. The van der Waals surface area contributed by atoms with Crippen molar-refractivity contribution in [1.29, 1.82) is 0 Å². The zero-order valence-electron chi connectivity index (χ0n) is 18.2. The molecule has 0 saturated carbocycles. The Balaban J connectivity index is 1.46. The fourth-order valence-electron chi connectivity index (χ4n) is 4.74. The van der Waals surface area contributed by atoms with Crippen molar-refractivity contribution in [2.75, 3.05) is 36.4 Å². The number of ether oxygens (including phenoxy) is 1. The van der Waals surface area contributed by atoms with Gasteiger partial charge in [0, 0.05) is 51.3 Å². The van der Waals surface area contributed by atoms with E-state index in [-0.39, 0.29) is 29.9 Å². The van der Waals surface area contributed by atoms with Crippen LogP contribution < -0.4 is 10.2 Å². The molecule has 5 heterocycles. The standard InChI is InChI=1S/C22H25F3N6O2/c1-13(32)30-7-5-14(10-30)18-9-20(28-19-8-15(4-6-26-19)22(23,24)25)29-21(27-18)31-11-16-2-3-17(12-31)33-16/h4,6,8-9,14,16-17H,2-3,5,7,10-12H2,1H3,(H,26,27,28,29). The number of nitrogens with zero attached hydrogens (tertiary/aromatic N) is 5. The van der Waals surface area contributed by atoms with E-state index in [1.807, 2.05) is 0 Å². The fraction of sp³-hybridized carbons (Fsp3) is 0.545. The van der Waals surface area contributed by atoms with Gasteiger partial charge in [-0.1, -0.05) is 0 Å². The van der Waals surface area contributed by atoms with Crippen molar-refractivity contribution in [3.8, 4) is 0 Å². The van der Waals surface area contributed by atoms with E-state index >= 15 is 0 Å². The highest BCUT2D eigenvalue weighted by Crippen LogP contribution is 2.33. The molecule has 8 nitrogen and oxygen atoms in total. The van der Waals surface area contributed by atoms with Crippen molar-refractivity contribution < 1.29 is 22.7 Å². The van der Waals surface area contributed by atoms with Gasteiger partial charge in [-0.2, -0.15) is 18.2 Å². The Kier molecular flexibility index (Phi) is 5.59. The second-order valence-corrected chi connectivity index (χ2v) is 8.84. The number of likely N-dealkylation sites (tertiary alicyclic amines) is 1. The molecule has 3 aliphatic heterocycles. The maximum absolute atomic E-state index is 13.1. The van der Waals surface area contributed by atoms with E-state index in [0.29, 0.717) is 37.9 Å². The van der Waals surface area contributed by atoms with Gasteiger partial charge < -0.3 is 19.9 Å². The molecule has 33 heavy (non-hydrogen) atoms. The lowest BCUT2D eigenvalue weighted by molar-refractivity contribution is -0.137. The van der Waals surface area contributed by atoms with Gasteiger partial charge in [-0.3, -0.25) is 4.79 Å². The number of alkyl halides is 3. The number of amides is 1. The van der Waals surface area contributed by atoms with Crippen molar-refractivity contribution in [3.05, 3.63) is 35.7 Å². The van der Waals surface area contributed by atoms with Crippen molar-refractivity contribution in [3.63, 3.8) is 0 Å². The number of nitrogens with one attached hydrogen (secondary N) is 1. The normalized spacial score (nSPS) is 24.9. The van der Waals surface area contributed by atoms with Crippen molar-refractivity contribution in [1.82, 2.24) is 19.9 Å². The van der Waals surface area contributed by atoms with Crippen LogP contribution in [0.3, 0.4) is 0 Å². The van der Waals surface area contributed by atoms with E-state index in [4.69, 9.17) is 9.72 Å². The Morgan fingerprint density at radius 2 is 1.85 bits per heavy atom. The molecule has 3 aliphatic rings. The molecule has 0 aliphatic carbocycles. The molecular weight excluding hydrogens is 437 g/mol. The first-order valence-electron chi connectivity index (χ1n) is 11.1. The second-order valence-electron chi connectivity index (χ2n) is 8.84. The van der Waals surface area contributed by atoms with Gasteiger partial charge in [0.25, 0.3) is 0 Å². The highest BCUT2D eigenvalue weighted by molar-refractivity contribution is 5.73. The lowest BCUT2D eigenvalue weighted by Gasteiger charge is -2.32. The van der Waals surface area contributed by atoms with E-state index in [0.717, 1.165) is 43.3 Å². The topological polar surface area (TPSA) is 83.5 Å². The third-order valence-electron chi connectivity index (χ3n) is 6.46. The fourth-order valence-corrected chi connectivity index (χ4v) is 4.74. The van der Waals surface area contributed by atoms with E-state index in [1.165, 1.54) is 0 Å². The lowest BCUT2D eigenvalue weighted by atomic mass is 10.0. The number of anilines is 3. The van der Waals surface area contributed by atoms with Crippen molar-refractivity contribution in [2.45, 2.75) is 50.5 Å². The highest BCUT2D eigenvalue weighted by Gasteiger charge is 2.36. The van der Waals surface area contributed by atoms with Crippen molar-refractivity contribution in [2.24, 2.45) is 0 Å². The summed E-state index contributed by atoms with van der Waals surface area (Å²) in [6, 6.07) is 3.64. The second kappa shape index (κ2) is 8.44. The van der Waals surface area contributed by atoms with Gasteiger partial charge in [0.1, 0.15) is 11.6 Å². The number of carbonyl (C=O) groups excluding carboxylic acids is 1. The van der Waals surface area contributed by atoms with Crippen LogP contribution in [0.25, 0.3) is 0 Å². The maximum Gasteiger partial charge on any atom is 0.416 e. The Labute approximate surface area is 189 Å². The molecule has 176 valence electrons. The van der Waals surface area contributed by atoms with Crippen molar-refractivity contribution >= 4 is 23.5 Å². The largest absolute Gasteiger partial charge is 0.416 e. The summed E-state index contributed by atoms with van der Waals surface area (Å²) in [5.74, 6) is 0.996. The molecule has 2 aromatic heterocycles. The van der Waals surface area contributed by atoms with Crippen LogP contribution in [0.2, 0.25) is 0 Å². The Morgan fingerprint density at radius 3 is 2.52 bits per heavy atom. The molecule has 3 unspecified atom stereocenters. The highest BCUT2D eigenvalue weighted by atomic mass is 19.4. The van der Waals surface area contributed by atoms with Gasteiger partial charge in [0.05, 0.1) is 23.5 Å². The van der Waals surface area contributed by atoms with Crippen LogP contribution in [0.4, 0.5) is 30.8 Å². The zero-order valence-corrected chi connectivity index (χ0v) is 18.2. The molecule has 5 rings (SSSR count). The van der Waals surface area contributed by atoms with Crippen LogP contribution in [0.1, 0.15) is 43.4 Å². The van der Waals surface area contributed by atoms with Crippen LogP contribution >= 0.6 is 0 Å². The number of carbonyl (C=O) groups is 1. The van der Waals surface area contributed by atoms with E-state index < -0.39 is 11.7 Å². The SMILES string of the molecule is CC(=O)N1CCC(c2cc(Nc3cc(C(F)(F)F)ccn3)nc(N3CC4CCC(C3)O4)n2)C1. The molecule has 2 aromatic rings. The molecule has 0 aromatic carbocycles. The van der Waals surface area contributed by atoms with Gasteiger partial charge in [0.2, 0.25) is 11.9 Å². The smallest absolute Gasteiger partial charge is 0.371 e. The predicted molar refractivity (Wildman–Crippen MR) is 114 cm³/mol. The van der Waals surface area contributed by atoms with Crippen LogP contribution in [-0.4, -0.2) is 64.1 Å². The molecule has 0 spiro atoms. The quantitative estimate of drug-likeness (QED) is 0.746. The number of aromatic nitrogens is 3. The number of pyridine rings is 1. The number of rotatable bonds is 4. The summed E-state index contributed by atoms with van der Waals surface area (Å²) < 4.78 is 45.3. The molecule has 1 N–H and O–H groups in total. The number of fused-ring (bicyclic) bond motifs is 2. The van der Waals surface area contributed by atoms with Gasteiger partial charge in [-0.15, -0.1) is 0 Å². The summed E-state index contributed by atoms with van der Waals surface area (Å²) in [7, 11) is 0. The molecule has 2 bridgehead atoms. The van der Waals surface area contributed by atoms with Crippen LogP contribution in [0.15, 0.2) is 24.4 Å². The maximum atomic E-state index is 13.1. The first-order valence-corrected chi connectivity index (χ1v) is 11.1. The van der Waals surface area contributed by atoms with Crippen LogP contribution in [-0.2, 0) is 15.7 Å². The third-order valence-corrected chi connectivity index (χ3v) is 6.46. The van der Waals surface area contributed by atoms with Gasteiger partial charge in [-0.25, -0.2) is 9.97 Å². The minimum Gasteiger partial charge on any atom is -0.371 e. The molecule has 3 saturated heterocycles. The Bertz CT molecular complexity index is 1040. The van der Waals surface area contributed by atoms with E-state index in [2.05, 4.69) is 20.2 Å². The number of morpholine rings is 1. The molecule has 3 atom stereocenters. The number of hydrogen-bond donors (Lipinski definition) is 1. The average Bonchev–Trinajstić information content (AvgIpc) is 3.40. The van der Waals surface area contributed by atoms with Gasteiger partial charge in [0.15, 0.2) is 0 Å². The molecule has 11 heteroatoms. The summed E-state index contributed by atoms with van der Waals surface area (Å²) >= 11 is 0.